The first kappa shape index (κ1) is 18.8. The van der Waals surface area contributed by atoms with Gasteiger partial charge in [0.05, 0.1) is 0 Å². The number of likely N-dealkylation sites (tertiary alicyclic amines) is 1. The standard InChI is InChI=1S/C21H34N2O/c1-15(2)18-7-6-8-19(16(3)4)21(18)22-12-9-20(24)23-13-10-17(5)11-14-23/h6-8,15-17,22H,9-14H2,1-5H3. The minimum absolute atomic E-state index is 0.294. The molecule has 0 saturated carbocycles. The van der Waals surface area contributed by atoms with E-state index in [0.717, 1.165) is 31.8 Å². The summed E-state index contributed by atoms with van der Waals surface area (Å²) in [6.45, 7) is 13.8. The van der Waals surface area contributed by atoms with Crippen molar-refractivity contribution >= 4 is 11.6 Å². The lowest BCUT2D eigenvalue weighted by Gasteiger charge is -2.30. The number of nitrogens with zero attached hydrogens (tertiary/aromatic N) is 1. The van der Waals surface area contributed by atoms with Gasteiger partial charge < -0.3 is 10.2 Å². The highest BCUT2D eigenvalue weighted by molar-refractivity contribution is 5.77. The maximum Gasteiger partial charge on any atom is 0.224 e. The van der Waals surface area contributed by atoms with Crippen LogP contribution in [-0.4, -0.2) is 30.4 Å². The Bertz CT molecular complexity index is 517. The van der Waals surface area contributed by atoms with Crippen molar-refractivity contribution in [2.45, 2.75) is 65.7 Å². The Hall–Kier alpha value is -1.51. The van der Waals surface area contributed by atoms with Crippen LogP contribution >= 0.6 is 0 Å². The highest BCUT2D eigenvalue weighted by Crippen LogP contribution is 2.32. The van der Waals surface area contributed by atoms with Gasteiger partial charge in [0, 0.05) is 31.7 Å². The van der Waals surface area contributed by atoms with E-state index < -0.39 is 0 Å². The zero-order chi connectivity index (χ0) is 17.7. The summed E-state index contributed by atoms with van der Waals surface area (Å²) in [4.78, 5) is 14.5. The molecular weight excluding hydrogens is 296 g/mol. The zero-order valence-corrected chi connectivity index (χ0v) is 16.1. The van der Waals surface area contributed by atoms with Crippen LogP contribution in [-0.2, 0) is 4.79 Å². The summed E-state index contributed by atoms with van der Waals surface area (Å²) in [5.41, 5.74) is 3.93. The third kappa shape index (κ3) is 4.75. The van der Waals surface area contributed by atoms with E-state index in [0.29, 0.717) is 30.7 Å². The Morgan fingerprint density at radius 3 is 2.17 bits per heavy atom. The molecule has 1 saturated heterocycles. The van der Waals surface area contributed by atoms with E-state index in [1.54, 1.807) is 0 Å². The normalized spacial score (nSPS) is 16.0. The van der Waals surface area contributed by atoms with Crippen molar-refractivity contribution in [3.63, 3.8) is 0 Å². The monoisotopic (exact) mass is 330 g/mol. The number of carbonyl (C=O) groups excluding carboxylic acids is 1. The van der Waals surface area contributed by atoms with Crippen LogP contribution in [0.3, 0.4) is 0 Å². The number of para-hydroxylation sites is 1. The molecule has 0 aromatic heterocycles. The largest absolute Gasteiger partial charge is 0.384 e. The second-order valence-electron chi connectivity index (χ2n) is 7.86. The number of benzene rings is 1. The van der Waals surface area contributed by atoms with Gasteiger partial charge in [0.2, 0.25) is 5.91 Å². The number of rotatable bonds is 6. The Balaban J connectivity index is 1.97. The molecule has 0 radical (unpaired) electrons. The second kappa shape index (κ2) is 8.55. The van der Waals surface area contributed by atoms with E-state index in [2.05, 4.69) is 58.1 Å². The van der Waals surface area contributed by atoms with Gasteiger partial charge in [0.1, 0.15) is 0 Å². The van der Waals surface area contributed by atoms with E-state index in [1.165, 1.54) is 16.8 Å². The second-order valence-corrected chi connectivity index (χ2v) is 7.86. The molecule has 3 heteroatoms. The van der Waals surface area contributed by atoms with Crippen molar-refractivity contribution in [1.82, 2.24) is 4.90 Å². The molecular formula is C21H34N2O. The van der Waals surface area contributed by atoms with Gasteiger partial charge in [-0.15, -0.1) is 0 Å². The minimum atomic E-state index is 0.294. The fourth-order valence-corrected chi connectivity index (χ4v) is 3.47. The van der Waals surface area contributed by atoms with Crippen molar-refractivity contribution in [3.05, 3.63) is 29.3 Å². The van der Waals surface area contributed by atoms with E-state index >= 15 is 0 Å². The molecule has 0 atom stereocenters. The van der Waals surface area contributed by atoms with Crippen molar-refractivity contribution in [1.29, 1.82) is 0 Å². The average Bonchev–Trinajstić information content (AvgIpc) is 2.55. The fourth-order valence-electron chi connectivity index (χ4n) is 3.47. The van der Waals surface area contributed by atoms with Crippen LogP contribution in [0, 0.1) is 5.92 Å². The van der Waals surface area contributed by atoms with E-state index in [9.17, 15) is 4.79 Å². The number of anilines is 1. The van der Waals surface area contributed by atoms with Crippen LogP contribution in [0.25, 0.3) is 0 Å². The van der Waals surface area contributed by atoms with Gasteiger partial charge in [-0.2, -0.15) is 0 Å². The van der Waals surface area contributed by atoms with Gasteiger partial charge in [-0.3, -0.25) is 4.79 Å². The summed E-state index contributed by atoms with van der Waals surface area (Å²) in [7, 11) is 0. The SMILES string of the molecule is CC1CCN(C(=O)CCNc2c(C(C)C)cccc2C(C)C)CC1. The van der Waals surface area contributed by atoms with Gasteiger partial charge in [-0.25, -0.2) is 0 Å². The third-order valence-electron chi connectivity index (χ3n) is 5.15. The lowest BCUT2D eigenvalue weighted by Crippen LogP contribution is -2.38. The molecule has 24 heavy (non-hydrogen) atoms. The summed E-state index contributed by atoms with van der Waals surface area (Å²) in [5.74, 6) is 2.01. The fraction of sp³-hybridized carbons (Fsp3) is 0.667. The molecule has 0 bridgehead atoms. The molecule has 3 nitrogen and oxygen atoms in total. The molecule has 0 spiro atoms. The molecule has 1 aliphatic rings. The van der Waals surface area contributed by atoms with Gasteiger partial charge >= 0.3 is 0 Å². The molecule has 1 amide bonds. The summed E-state index contributed by atoms with van der Waals surface area (Å²) >= 11 is 0. The van der Waals surface area contributed by atoms with Crippen LogP contribution in [0.15, 0.2) is 18.2 Å². The Labute approximate surface area is 147 Å². The number of nitrogens with one attached hydrogen (secondary N) is 1. The topological polar surface area (TPSA) is 32.3 Å². The third-order valence-corrected chi connectivity index (χ3v) is 5.15. The number of piperidine rings is 1. The lowest BCUT2D eigenvalue weighted by atomic mass is 9.92. The van der Waals surface area contributed by atoms with Gasteiger partial charge in [-0.1, -0.05) is 52.8 Å². The van der Waals surface area contributed by atoms with Crippen molar-refractivity contribution < 1.29 is 4.79 Å². The molecule has 0 unspecified atom stereocenters. The van der Waals surface area contributed by atoms with E-state index in [1.807, 2.05) is 4.90 Å². The molecule has 1 aromatic rings. The first-order chi connectivity index (χ1) is 11.4. The zero-order valence-electron chi connectivity index (χ0n) is 16.1. The number of carbonyl (C=O) groups is 1. The lowest BCUT2D eigenvalue weighted by molar-refractivity contribution is -0.132. The van der Waals surface area contributed by atoms with Crippen molar-refractivity contribution in [3.8, 4) is 0 Å². The predicted octanol–water partition coefficient (Wildman–Crippen LogP) is 4.99. The number of hydrogen-bond acceptors (Lipinski definition) is 2. The van der Waals surface area contributed by atoms with Gasteiger partial charge in [0.15, 0.2) is 0 Å². The quantitative estimate of drug-likeness (QED) is 0.796. The number of amides is 1. The predicted molar refractivity (Wildman–Crippen MR) is 103 cm³/mol. The molecule has 134 valence electrons. The highest BCUT2D eigenvalue weighted by atomic mass is 16.2. The van der Waals surface area contributed by atoms with E-state index in [4.69, 9.17) is 0 Å². The molecule has 1 heterocycles. The Morgan fingerprint density at radius 2 is 1.67 bits per heavy atom. The summed E-state index contributed by atoms with van der Waals surface area (Å²) in [5, 5.41) is 3.58. The summed E-state index contributed by atoms with van der Waals surface area (Å²) in [6, 6.07) is 6.55. The van der Waals surface area contributed by atoms with Crippen molar-refractivity contribution in [2.24, 2.45) is 5.92 Å². The maximum absolute atomic E-state index is 12.4. The van der Waals surface area contributed by atoms with Crippen molar-refractivity contribution in [2.75, 3.05) is 25.0 Å². The van der Waals surface area contributed by atoms with E-state index in [-0.39, 0.29) is 0 Å². The van der Waals surface area contributed by atoms with Crippen LogP contribution in [0.4, 0.5) is 5.69 Å². The maximum atomic E-state index is 12.4. The Morgan fingerprint density at radius 1 is 1.12 bits per heavy atom. The van der Waals surface area contributed by atoms with Gasteiger partial charge in [-0.05, 0) is 41.7 Å². The van der Waals surface area contributed by atoms with Crippen LogP contribution in [0.2, 0.25) is 0 Å². The molecule has 1 fully saturated rings. The Kier molecular flexibility index (Phi) is 6.70. The molecule has 1 aliphatic heterocycles. The van der Waals surface area contributed by atoms with Crippen LogP contribution in [0.1, 0.15) is 76.8 Å². The summed E-state index contributed by atoms with van der Waals surface area (Å²) in [6.07, 6.45) is 2.87. The minimum Gasteiger partial charge on any atom is -0.384 e. The molecule has 1 aromatic carbocycles. The highest BCUT2D eigenvalue weighted by Gasteiger charge is 2.20. The smallest absolute Gasteiger partial charge is 0.224 e. The molecule has 1 N–H and O–H groups in total. The first-order valence-electron chi connectivity index (χ1n) is 9.54. The number of hydrogen-bond donors (Lipinski definition) is 1. The first-order valence-corrected chi connectivity index (χ1v) is 9.54. The molecule has 2 rings (SSSR count). The van der Waals surface area contributed by atoms with Crippen LogP contribution < -0.4 is 5.32 Å². The van der Waals surface area contributed by atoms with Gasteiger partial charge in [0.25, 0.3) is 0 Å². The molecule has 0 aliphatic carbocycles. The summed E-state index contributed by atoms with van der Waals surface area (Å²) < 4.78 is 0. The van der Waals surface area contributed by atoms with Crippen LogP contribution in [0.5, 0.6) is 0 Å². The average molecular weight is 331 g/mol.